The van der Waals surface area contributed by atoms with Crippen LogP contribution in [0.25, 0.3) is 10.2 Å². The van der Waals surface area contributed by atoms with Crippen molar-refractivity contribution in [1.82, 2.24) is 4.98 Å². The van der Waals surface area contributed by atoms with Crippen molar-refractivity contribution in [2.45, 2.75) is 11.8 Å². The Bertz CT molecular complexity index is 942. The summed E-state index contributed by atoms with van der Waals surface area (Å²) in [7, 11) is 4.11. The van der Waals surface area contributed by atoms with E-state index in [9.17, 15) is 9.18 Å². The van der Waals surface area contributed by atoms with Crippen LogP contribution in [0.3, 0.4) is 0 Å². The zero-order valence-electron chi connectivity index (χ0n) is 15.7. The molecule has 1 N–H and O–H groups in total. The van der Waals surface area contributed by atoms with Crippen LogP contribution in [0.2, 0.25) is 0 Å². The van der Waals surface area contributed by atoms with Gasteiger partial charge in [-0.2, -0.15) is 0 Å². The summed E-state index contributed by atoms with van der Waals surface area (Å²) in [4.78, 5) is 21.9. The molecular weight excluding hydrogens is 381 g/mol. The van der Waals surface area contributed by atoms with Gasteiger partial charge in [-0.05, 0) is 36.1 Å². The maximum absolute atomic E-state index is 13.6. The normalized spacial score (nSPS) is 11.3. The first kappa shape index (κ1) is 19.8. The van der Waals surface area contributed by atoms with Crippen LogP contribution >= 0.6 is 23.1 Å². The second-order valence-corrected chi connectivity index (χ2v) is 8.77. The molecule has 4 nitrogen and oxygen atoms in total. The number of halogens is 1. The summed E-state index contributed by atoms with van der Waals surface area (Å²) < 4.78 is 14.3. The number of quaternary nitrogens is 1. The van der Waals surface area contributed by atoms with Crippen LogP contribution in [0.15, 0.2) is 47.4 Å². The van der Waals surface area contributed by atoms with Gasteiger partial charge < -0.3 is 4.90 Å². The van der Waals surface area contributed by atoms with E-state index in [0.717, 1.165) is 21.9 Å². The number of nitrogens with zero attached hydrogens (tertiary/aromatic N) is 2. The number of fused-ring (bicyclic) bond motifs is 1. The molecule has 0 atom stereocenters. The molecule has 1 aromatic heterocycles. The molecule has 3 rings (SSSR count). The van der Waals surface area contributed by atoms with Crippen LogP contribution in [-0.2, 0) is 0 Å². The number of nitrogens with one attached hydrogen (secondary N) is 1. The standard InChI is InChI=1S/C20H22FN3OS2/c1-4-26-17-8-6-5-7-15(17)19(25)24(12-11-23(2)3)20-22-16-10-9-14(21)13-18(16)27-20/h5-10,13H,4,11-12H2,1-3H3/p+1. The summed E-state index contributed by atoms with van der Waals surface area (Å²) in [6.45, 7) is 3.41. The van der Waals surface area contributed by atoms with Gasteiger partial charge in [0.15, 0.2) is 5.13 Å². The molecule has 0 bridgehead atoms. The van der Waals surface area contributed by atoms with Crippen molar-refractivity contribution < 1.29 is 14.1 Å². The van der Waals surface area contributed by atoms with E-state index in [-0.39, 0.29) is 11.7 Å². The first-order chi connectivity index (χ1) is 13.0. The van der Waals surface area contributed by atoms with E-state index in [1.54, 1.807) is 22.7 Å². The van der Waals surface area contributed by atoms with Crippen LogP contribution < -0.4 is 9.80 Å². The van der Waals surface area contributed by atoms with Crippen LogP contribution in [0.5, 0.6) is 0 Å². The van der Waals surface area contributed by atoms with Gasteiger partial charge in [-0.15, -0.1) is 11.8 Å². The predicted octanol–water partition coefficient (Wildman–Crippen LogP) is 3.34. The van der Waals surface area contributed by atoms with Gasteiger partial charge >= 0.3 is 0 Å². The van der Waals surface area contributed by atoms with Crippen molar-refractivity contribution in [2.75, 3.05) is 37.8 Å². The quantitative estimate of drug-likeness (QED) is 0.614. The van der Waals surface area contributed by atoms with Gasteiger partial charge in [0, 0.05) is 4.90 Å². The highest BCUT2D eigenvalue weighted by Crippen LogP contribution is 2.31. The average Bonchev–Trinajstić information content (AvgIpc) is 3.05. The zero-order chi connectivity index (χ0) is 19.4. The third kappa shape index (κ3) is 4.66. The molecule has 1 amide bonds. The molecule has 2 aromatic carbocycles. The summed E-state index contributed by atoms with van der Waals surface area (Å²) in [5, 5.41) is 0.609. The molecule has 0 saturated heterocycles. The molecule has 0 fully saturated rings. The summed E-state index contributed by atoms with van der Waals surface area (Å²) in [5.41, 5.74) is 1.39. The average molecular weight is 405 g/mol. The topological polar surface area (TPSA) is 37.6 Å². The number of hydrogen-bond donors (Lipinski definition) is 1. The largest absolute Gasteiger partial charge is 0.338 e. The highest BCUT2D eigenvalue weighted by atomic mass is 32.2. The monoisotopic (exact) mass is 404 g/mol. The number of benzene rings is 2. The van der Waals surface area contributed by atoms with E-state index in [2.05, 4.69) is 26.0 Å². The second-order valence-electron chi connectivity index (χ2n) is 6.45. The Morgan fingerprint density at radius 2 is 2.04 bits per heavy atom. The van der Waals surface area contributed by atoms with Crippen LogP contribution in [0, 0.1) is 5.82 Å². The Kier molecular flexibility index (Phi) is 6.46. The lowest BCUT2D eigenvalue weighted by Crippen LogP contribution is -3.06. The van der Waals surface area contributed by atoms with E-state index >= 15 is 0 Å². The lowest BCUT2D eigenvalue weighted by Gasteiger charge is -2.21. The van der Waals surface area contributed by atoms with Gasteiger partial charge in [0.1, 0.15) is 5.82 Å². The van der Waals surface area contributed by atoms with Crippen LogP contribution in [-0.4, -0.2) is 43.8 Å². The van der Waals surface area contributed by atoms with Crippen molar-refractivity contribution in [2.24, 2.45) is 0 Å². The molecule has 142 valence electrons. The number of anilines is 1. The summed E-state index contributed by atoms with van der Waals surface area (Å²) >= 11 is 3.01. The van der Waals surface area contributed by atoms with Gasteiger partial charge in [-0.3, -0.25) is 9.69 Å². The molecule has 0 spiro atoms. The minimum Gasteiger partial charge on any atom is -0.338 e. The van der Waals surface area contributed by atoms with Gasteiger partial charge in [-0.25, -0.2) is 9.37 Å². The van der Waals surface area contributed by atoms with Crippen molar-refractivity contribution in [3.63, 3.8) is 0 Å². The lowest BCUT2D eigenvalue weighted by atomic mass is 10.2. The fourth-order valence-corrected chi connectivity index (χ4v) is 4.50. The highest BCUT2D eigenvalue weighted by molar-refractivity contribution is 7.99. The molecule has 0 aliphatic rings. The van der Waals surface area contributed by atoms with Gasteiger partial charge in [0.05, 0.1) is 43.0 Å². The minimum atomic E-state index is -0.294. The van der Waals surface area contributed by atoms with E-state index in [1.807, 2.05) is 24.3 Å². The first-order valence-electron chi connectivity index (χ1n) is 8.88. The van der Waals surface area contributed by atoms with Crippen molar-refractivity contribution in [3.8, 4) is 0 Å². The molecule has 27 heavy (non-hydrogen) atoms. The van der Waals surface area contributed by atoms with Gasteiger partial charge in [-0.1, -0.05) is 30.4 Å². The first-order valence-corrected chi connectivity index (χ1v) is 10.7. The third-order valence-electron chi connectivity index (χ3n) is 4.07. The molecule has 0 aliphatic carbocycles. The number of aromatic nitrogens is 1. The molecule has 0 saturated carbocycles. The molecule has 0 unspecified atom stereocenters. The van der Waals surface area contributed by atoms with Gasteiger partial charge in [0.2, 0.25) is 0 Å². The number of carbonyl (C=O) groups excluding carboxylic acids is 1. The van der Waals surface area contributed by atoms with E-state index in [0.29, 0.717) is 22.8 Å². The number of amides is 1. The van der Waals surface area contributed by atoms with E-state index in [4.69, 9.17) is 0 Å². The summed E-state index contributed by atoms with van der Waals surface area (Å²) in [5.74, 6) is 0.539. The lowest BCUT2D eigenvalue weighted by molar-refractivity contribution is -0.856. The zero-order valence-corrected chi connectivity index (χ0v) is 17.3. The number of thiazole rings is 1. The Hall–Kier alpha value is -1.96. The molecule has 1 heterocycles. The highest BCUT2D eigenvalue weighted by Gasteiger charge is 2.24. The number of likely N-dealkylation sites (N-methyl/N-ethyl adjacent to an activating group) is 1. The third-order valence-corrected chi connectivity index (χ3v) is 6.06. The summed E-state index contributed by atoms with van der Waals surface area (Å²) in [6, 6.07) is 12.2. The second kappa shape index (κ2) is 8.82. The molecule has 0 aliphatic heterocycles. The number of rotatable bonds is 7. The van der Waals surface area contributed by atoms with Crippen LogP contribution in [0.4, 0.5) is 9.52 Å². The maximum atomic E-state index is 13.6. The Morgan fingerprint density at radius 3 is 2.78 bits per heavy atom. The Morgan fingerprint density at radius 1 is 1.26 bits per heavy atom. The smallest absolute Gasteiger partial charge is 0.261 e. The molecule has 3 aromatic rings. The molecular formula is C20H23FN3OS2+. The summed E-state index contributed by atoms with van der Waals surface area (Å²) in [6.07, 6.45) is 0. The fourth-order valence-electron chi connectivity index (χ4n) is 2.69. The van der Waals surface area contributed by atoms with Gasteiger partial charge in [0.25, 0.3) is 5.91 Å². The number of thioether (sulfide) groups is 1. The minimum absolute atomic E-state index is 0.0627. The Balaban J connectivity index is 2.00. The number of carbonyl (C=O) groups is 1. The number of hydrogen-bond acceptors (Lipinski definition) is 4. The predicted molar refractivity (Wildman–Crippen MR) is 112 cm³/mol. The van der Waals surface area contributed by atoms with E-state index in [1.165, 1.54) is 28.4 Å². The van der Waals surface area contributed by atoms with Crippen molar-refractivity contribution in [3.05, 3.63) is 53.8 Å². The molecule has 7 heteroatoms. The SMILES string of the molecule is CCSc1ccccc1C(=O)N(CC[NH+](C)C)c1nc2ccc(F)cc2s1. The molecule has 0 radical (unpaired) electrons. The van der Waals surface area contributed by atoms with Crippen LogP contribution in [0.1, 0.15) is 17.3 Å². The Labute approximate surface area is 167 Å². The van der Waals surface area contributed by atoms with Crippen molar-refractivity contribution in [1.29, 1.82) is 0 Å². The van der Waals surface area contributed by atoms with Crippen molar-refractivity contribution >= 4 is 44.4 Å². The maximum Gasteiger partial charge on any atom is 0.261 e. The van der Waals surface area contributed by atoms with E-state index < -0.39 is 0 Å². The fraction of sp³-hybridized carbons (Fsp3) is 0.300.